The molecule has 110 valence electrons. The molecule has 8 heteroatoms. The highest BCUT2D eigenvalue weighted by Gasteiger charge is 2.32. The predicted molar refractivity (Wildman–Crippen MR) is 70.9 cm³/mol. The molecule has 0 amide bonds. The molecule has 2 aromatic rings. The molecule has 0 atom stereocenters. The van der Waals surface area contributed by atoms with Gasteiger partial charge in [0.1, 0.15) is 11.5 Å². The summed E-state index contributed by atoms with van der Waals surface area (Å²) < 4.78 is 37.6. The number of carbonyl (C=O) groups is 1. The van der Waals surface area contributed by atoms with Gasteiger partial charge in [-0.05, 0) is 30.3 Å². The fourth-order valence-electron chi connectivity index (χ4n) is 1.58. The van der Waals surface area contributed by atoms with E-state index in [-0.39, 0.29) is 22.1 Å². The topological polar surface area (TPSA) is 62.2 Å². The molecule has 0 aliphatic rings. The van der Waals surface area contributed by atoms with E-state index in [4.69, 9.17) is 16.7 Å². The van der Waals surface area contributed by atoms with Gasteiger partial charge in [0.15, 0.2) is 0 Å². The number of rotatable bonds is 3. The van der Waals surface area contributed by atoms with Gasteiger partial charge in [0.2, 0.25) is 0 Å². The molecule has 2 N–H and O–H groups in total. The Balaban J connectivity index is 2.31. The first kappa shape index (κ1) is 15.1. The SMILES string of the molecule is O=C(O)c1cc(Nc2cccc(C(F)(F)F)n2)ccc1Cl. The van der Waals surface area contributed by atoms with Gasteiger partial charge >= 0.3 is 12.1 Å². The van der Waals surface area contributed by atoms with E-state index in [1.807, 2.05) is 0 Å². The van der Waals surface area contributed by atoms with Crippen molar-refractivity contribution in [1.82, 2.24) is 4.98 Å². The maximum Gasteiger partial charge on any atom is 0.433 e. The maximum absolute atomic E-state index is 12.5. The largest absolute Gasteiger partial charge is 0.478 e. The van der Waals surface area contributed by atoms with Crippen LogP contribution < -0.4 is 5.32 Å². The summed E-state index contributed by atoms with van der Waals surface area (Å²) in [5, 5.41) is 11.6. The third-order valence-electron chi connectivity index (χ3n) is 2.51. The molecular formula is C13H8ClF3N2O2. The van der Waals surface area contributed by atoms with Crippen LogP contribution in [0.25, 0.3) is 0 Å². The van der Waals surface area contributed by atoms with Crippen LogP contribution in [0.2, 0.25) is 5.02 Å². The Bertz CT molecular complexity index is 689. The molecule has 1 heterocycles. The Hall–Kier alpha value is -2.28. The lowest BCUT2D eigenvalue weighted by atomic mass is 10.2. The number of aromatic carboxylic acids is 1. The first-order valence-electron chi connectivity index (χ1n) is 5.61. The molecule has 0 saturated heterocycles. The summed E-state index contributed by atoms with van der Waals surface area (Å²) in [7, 11) is 0. The Labute approximate surface area is 122 Å². The van der Waals surface area contributed by atoms with Crippen molar-refractivity contribution in [3.63, 3.8) is 0 Å². The van der Waals surface area contributed by atoms with Crippen molar-refractivity contribution in [1.29, 1.82) is 0 Å². The highest BCUT2D eigenvalue weighted by molar-refractivity contribution is 6.33. The summed E-state index contributed by atoms with van der Waals surface area (Å²) in [4.78, 5) is 14.4. The monoisotopic (exact) mass is 316 g/mol. The second-order valence-corrected chi connectivity index (χ2v) is 4.44. The summed E-state index contributed by atoms with van der Waals surface area (Å²) in [6, 6.07) is 7.37. The average molecular weight is 317 g/mol. The minimum Gasteiger partial charge on any atom is -0.478 e. The molecule has 1 aromatic heterocycles. The number of anilines is 2. The minimum atomic E-state index is -4.55. The van der Waals surface area contributed by atoms with Crippen LogP contribution in [0, 0.1) is 0 Å². The molecule has 4 nitrogen and oxygen atoms in total. The van der Waals surface area contributed by atoms with Gasteiger partial charge in [0.25, 0.3) is 0 Å². The van der Waals surface area contributed by atoms with Crippen molar-refractivity contribution in [3.8, 4) is 0 Å². The fourth-order valence-corrected chi connectivity index (χ4v) is 1.78. The lowest BCUT2D eigenvalue weighted by Gasteiger charge is -2.10. The van der Waals surface area contributed by atoms with Crippen molar-refractivity contribution in [2.24, 2.45) is 0 Å². The third-order valence-corrected chi connectivity index (χ3v) is 2.84. The molecule has 0 fully saturated rings. The quantitative estimate of drug-likeness (QED) is 0.891. The molecule has 0 radical (unpaired) electrons. The molecular weight excluding hydrogens is 309 g/mol. The second kappa shape index (κ2) is 5.61. The maximum atomic E-state index is 12.5. The highest BCUT2D eigenvalue weighted by atomic mass is 35.5. The van der Waals surface area contributed by atoms with Gasteiger partial charge in [-0.25, -0.2) is 9.78 Å². The van der Waals surface area contributed by atoms with Crippen LogP contribution in [0.3, 0.4) is 0 Å². The van der Waals surface area contributed by atoms with Gasteiger partial charge in [0.05, 0.1) is 10.6 Å². The van der Waals surface area contributed by atoms with E-state index in [1.54, 1.807) is 0 Å². The number of carboxylic acids is 1. The van der Waals surface area contributed by atoms with E-state index in [2.05, 4.69) is 10.3 Å². The van der Waals surface area contributed by atoms with Gasteiger partial charge in [0, 0.05) is 5.69 Å². The Morgan fingerprint density at radius 2 is 1.95 bits per heavy atom. The van der Waals surface area contributed by atoms with Crippen molar-refractivity contribution in [3.05, 3.63) is 52.7 Å². The molecule has 0 unspecified atom stereocenters. The Morgan fingerprint density at radius 1 is 1.24 bits per heavy atom. The van der Waals surface area contributed by atoms with Gasteiger partial charge in [-0.3, -0.25) is 0 Å². The van der Waals surface area contributed by atoms with Crippen LogP contribution in [0.1, 0.15) is 16.1 Å². The molecule has 0 saturated carbocycles. The van der Waals surface area contributed by atoms with E-state index in [9.17, 15) is 18.0 Å². The number of carboxylic acid groups (broad SMARTS) is 1. The van der Waals surface area contributed by atoms with Crippen molar-refractivity contribution < 1.29 is 23.1 Å². The summed E-state index contributed by atoms with van der Waals surface area (Å²) in [5.41, 5.74) is -0.933. The number of nitrogens with one attached hydrogen (secondary N) is 1. The van der Waals surface area contributed by atoms with E-state index < -0.39 is 17.8 Å². The van der Waals surface area contributed by atoms with Crippen LogP contribution in [0.5, 0.6) is 0 Å². The van der Waals surface area contributed by atoms with Gasteiger partial charge < -0.3 is 10.4 Å². The Morgan fingerprint density at radius 3 is 2.57 bits per heavy atom. The van der Waals surface area contributed by atoms with Crippen LogP contribution in [-0.2, 0) is 6.18 Å². The zero-order chi connectivity index (χ0) is 15.6. The predicted octanol–water partition coefficient (Wildman–Crippen LogP) is 4.20. The van der Waals surface area contributed by atoms with Crippen LogP contribution in [0.15, 0.2) is 36.4 Å². The molecule has 0 aliphatic carbocycles. The molecule has 0 spiro atoms. The number of benzene rings is 1. The van der Waals surface area contributed by atoms with Crippen LogP contribution >= 0.6 is 11.6 Å². The molecule has 2 rings (SSSR count). The molecule has 1 aromatic carbocycles. The normalized spacial score (nSPS) is 11.2. The van der Waals surface area contributed by atoms with E-state index in [0.29, 0.717) is 0 Å². The van der Waals surface area contributed by atoms with E-state index in [0.717, 1.165) is 6.07 Å². The fraction of sp³-hybridized carbons (Fsp3) is 0.0769. The van der Waals surface area contributed by atoms with Crippen molar-refractivity contribution >= 4 is 29.1 Å². The smallest absolute Gasteiger partial charge is 0.433 e. The van der Waals surface area contributed by atoms with Gasteiger partial charge in [-0.2, -0.15) is 13.2 Å². The molecule has 21 heavy (non-hydrogen) atoms. The zero-order valence-electron chi connectivity index (χ0n) is 10.3. The summed E-state index contributed by atoms with van der Waals surface area (Å²) in [5.74, 6) is -1.29. The number of hydrogen-bond donors (Lipinski definition) is 2. The van der Waals surface area contributed by atoms with Gasteiger partial charge in [-0.1, -0.05) is 17.7 Å². The number of halogens is 4. The van der Waals surface area contributed by atoms with E-state index in [1.165, 1.54) is 30.3 Å². The standard InChI is InChI=1S/C13H8ClF3N2O2/c14-9-5-4-7(6-8(9)12(20)21)18-11-3-1-2-10(19-11)13(15,16)17/h1-6H,(H,18,19)(H,20,21). The lowest BCUT2D eigenvalue weighted by molar-refractivity contribution is -0.141. The van der Waals surface area contributed by atoms with Crippen LogP contribution in [-0.4, -0.2) is 16.1 Å². The van der Waals surface area contributed by atoms with Crippen molar-refractivity contribution in [2.75, 3.05) is 5.32 Å². The molecule has 0 bridgehead atoms. The molecule has 0 aliphatic heterocycles. The third kappa shape index (κ3) is 3.63. The number of pyridine rings is 1. The average Bonchev–Trinajstić information content (AvgIpc) is 2.40. The lowest BCUT2D eigenvalue weighted by Crippen LogP contribution is -2.09. The highest BCUT2D eigenvalue weighted by Crippen LogP contribution is 2.29. The van der Waals surface area contributed by atoms with E-state index >= 15 is 0 Å². The summed E-state index contributed by atoms with van der Waals surface area (Å²) in [6.45, 7) is 0. The number of alkyl halides is 3. The second-order valence-electron chi connectivity index (χ2n) is 4.03. The van der Waals surface area contributed by atoms with Gasteiger partial charge in [-0.15, -0.1) is 0 Å². The van der Waals surface area contributed by atoms with Crippen LogP contribution in [0.4, 0.5) is 24.7 Å². The number of nitrogens with zero attached hydrogens (tertiary/aromatic N) is 1. The zero-order valence-corrected chi connectivity index (χ0v) is 11.0. The minimum absolute atomic E-state index is 0.0325. The Kier molecular flexibility index (Phi) is 4.04. The first-order chi connectivity index (χ1) is 9.77. The van der Waals surface area contributed by atoms with Crippen molar-refractivity contribution in [2.45, 2.75) is 6.18 Å². The number of hydrogen-bond acceptors (Lipinski definition) is 3. The summed E-state index contributed by atoms with van der Waals surface area (Å²) >= 11 is 5.71. The summed E-state index contributed by atoms with van der Waals surface area (Å²) in [6.07, 6.45) is -4.55. The number of aromatic nitrogens is 1. The first-order valence-corrected chi connectivity index (χ1v) is 5.99.